The average Bonchev–Trinajstić information content (AvgIpc) is 2.50. The second-order valence-corrected chi connectivity index (χ2v) is 5.03. The molecular formula is C16H26N4O2. The highest BCUT2D eigenvalue weighted by atomic mass is 16.2. The van der Waals surface area contributed by atoms with Crippen molar-refractivity contribution in [3.8, 4) is 0 Å². The zero-order valence-corrected chi connectivity index (χ0v) is 13.4. The van der Waals surface area contributed by atoms with E-state index in [-0.39, 0.29) is 11.8 Å². The summed E-state index contributed by atoms with van der Waals surface area (Å²) >= 11 is 0. The van der Waals surface area contributed by atoms with Crippen molar-refractivity contribution in [3.05, 3.63) is 24.3 Å². The molecule has 0 unspecified atom stereocenters. The summed E-state index contributed by atoms with van der Waals surface area (Å²) in [6.07, 6.45) is 1.99. The molecule has 1 aromatic carbocycles. The molecule has 4 N–H and O–H groups in total. The normalized spacial score (nSPS) is 10.3. The van der Waals surface area contributed by atoms with Gasteiger partial charge < -0.3 is 21.3 Å². The molecule has 6 nitrogen and oxygen atoms in total. The van der Waals surface area contributed by atoms with Gasteiger partial charge in [0, 0.05) is 11.4 Å². The van der Waals surface area contributed by atoms with E-state index in [0.29, 0.717) is 24.5 Å². The summed E-state index contributed by atoms with van der Waals surface area (Å²) in [5, 5.41) is 11.7. The van der Waals surface area contributed by atoms with Crippen LogP contribution >= 0.6 is 0 Å². The van der Waals surface area contributed by atoms with Crippen molar-refractivity contribution in [2.75, 3.05) is 36.8 Å². The van der Waals surface area contributed by atoms with E-state index in [9.17, 15) is 9.59 Å². The third-order valence-corrected chi connectivity index (χ3v) is 2.88. The quantitative estimate of drug-likeness (QED) is 0.495. The molecule has 0 saturated carbocycles. The van der Waals surface area contributed by atoms with E-state index in [1.165, 1.54) is 0 Å². The van der Waals surface area contributed by atoms with E-state index in [0.717, 1.165) is 25.9 Å². The molecule has 0 fully saturated rings. The first-order valence-corrected chi connectivity index (χ1v) is 7.77. The molecule has 2 amide bonds. The maximum atomic E-state index is 11.6. The summed E-state index contributed by atoms with van der Waals surface area (Å²) in [7, 11) is 0. The molecule has 1 aromatic rings. The van der Waals surface area contributed by atoms with Crippen molar-refractivity contribution in [1.29, 1.82) is 0 Å². The molecular weight excluding hydrogens is 280 g/mol. The summed E-state index contributed by atoms with van der Waals surface area (Å²) in [6.45, 7) is 6.35. The molecule has 22 heavy (non-hydrogen) atoms. The third-order valence-electron chi connectivity index (χ3n) is 2.88. The van der Waals surface area contributed by atoms with Gasteiger partial charge in [-0.1, -0.05) is 13.8 Å². The Morgan fingerprint density at radius 2 is 1.14 bits per heavy atom. The SMILES string of the molecule is CCCNCC(=O)Nc1ccc(NC(=O)CNCCC)cc1. The summed E-state index contributed by atoms with van der Waals surface area (Å²) in [5.74, 6) is -0.150. The van der Waals surface area contributed by atoms with Crippen molar-refractivity contribution >= 4 is 23.2 Å². The van der Waals surface area contributed by atoms with Crippen LogP contribution in [0.3, 0.4) is 0 Å². The van der Waals surface area contributed by atoms with Gasteiger partial charge in [0.1, 0.15) is 0 Å². The number of benzene rings is 1. The third kappa shape index (κ3) is 7.75. The van der Waals surface area contributed by atoms with Crippen LogP contribution < -0.4 is 21.3 Å². The first-order chi connectivity index (χ1) is 10.7. The van der Waals surface area contributed by atoms with E-state index < -0.39 is 0 Å². The van der Waals surface area contributed by atoms with Crippen LogP contribution in [0.25, 0.3) is 0 Å². The Morgan fingerprint density at radius 3 is 1.45 bits per heavy atom. The van der Waals surface area contributed by atoms with Gasteiger partial charge in [0.15, 0.2) is 0 Å². The average molecular weight is 306 g/mol. The molecule has 0 atom stereocenters. The minimum absolute atomic E-state index is 0.0750. The molecule has 0 bridgehead atoms. The molecule has 0 heterocycles. The summed E-state index contributed by atoms with van der Waals surface area (Å²) in [4.78, 5) is 23.3. The second kappa shape index (κ2) is 10.8. The van der Waals surface area contributed by atoms with Crippen LogP contribution in [0.2, 0.25) is 0 Å². The molecule has 0 saturated heterocycles. The number of nitrogens with one attached hydrogen (secondary N) is 4. The predicted molar refractivity (Wildman–Crippen MR) is 90.0 cm³/mol. The lowest BCUT2D eigenvalue weighted by Crippen LogP contribution is -2.29. The van der Waals surface area contributed by atoms with E-state index in [1.54, 1.807) is 24.3 Å². The van der Waals surface area contributed by atoms with E-state index in [1.807, 2.05) is 0 Å². The Labute approximate surface area is 132 Å². The number of carbonyl (C=O) groups is 2. The Hall–Kier alpha value is -1.92. The Balaban J connectivity index is 2.36. The van der Waals surface area contributed by atoms with Gasteiger partial charge in [-0.25, -0.2) is 0 Å². The molecule has 122 valence electrons. The van der Waals surface area contributed by atoms with Crippen molar-refractivity contribution in [1.82, 2.24) is 10.6 Å². The van der Waals surface area contributed by atoms with Gasteiger partial charge >= 0.3 is 0 Å². The fraction of sp³-hybridized carbons (Fsp3) is 0.500. The Bertz CT molecular complexity index is 417. The molecule has 6 heteroatoms. The lowest BCUT2D eigenvalue weighted by atomic mass is 10.2. The van der Waals surface area contributed by atoms with Crippen LogP contribution in [-0.2, 0) is 9.59 Å². The number of anilines is 2. The minimum atomic E-state index is -0.0750. The van der Waals surface area contributed by atoms with E-state index in [2.05, 4.69) is 35.1 Å². The van der Waals surface area contributed by atoms with Gasteiger partial charge in [0.25, 0.3) is 0 Å². The second-order valence-electron chi connectivity index (χ2n) is 5.03. The summed E-state index contributed by atoms with van der Waals surface area (Å²) in [6, 6.07) is 7.08. The standard InChI is InChI=1S/C16H26N4O2/c1-3-9-17-11-15(21)19-13-5-7-14(8-6-13)20-16(22)12-18-10-4-2/h5-8,17-18H,3-4,9-12H2,1-2H3,(H,19,21)(H,20,22). The molecule has 0 aliphatic rings. The van der Waals surface area contributed by atoms with E-state index in [4.69, 9.17) is 0 Å². The van der Waals surface area contributed by atoms with Gasteiger partial charge in [-0.2, -0.15) is 0 Å². The molecule has 0 aliphatic carbocycles. The smallest absolute Gasteiger partial charge is 0.238 e. The summed E-state index contributed by atoms with van der Waals surface area (Å²) in [5.41, 5.74) is 1.43. The molecule has 0 aromatic heterocycles. The molecule has 0 spiro atoms. The van der Waals surface area contributed by atoms with Gasteiger partial charge in [-0.15, -0.1) is 0 Å². The number of hydrogen-bond donors (Lipinski definition) is 4. The van der Waals surface area contributed by atoms with Crippen LogP contribution in [0, 0.1) is 0 Å². The minimum Gasteiger partial charge on any atom is -0.325 e. The zero-order valence-electron chi connectivity index (χ0n) is 13.4. The molecule has 1 rings (SSSR count). The first kappa shape index (κ1) is 18.1. The number of hydrogen-bond acceptors (Lipinski definition) is 4. The van der Waals surface area contributed by atoms with Crippen LogP contribution in [0.1, 0.15) is 26.7 Å². The highest BCUT2D eigenvalue weighted by Gasteiger charge is 2.03. The largest absolute Gasteiger partial charge is 0.325 e. The maximum Gasteiger partial charge on any atom is 0.238 e. The van der Waals surface area contributed by atoms with Crippen LogP contribution in [0.4, 0.5) is 11.4 Å². The molecule has 0 radical (unpaired) electrons. The topological polar surface area (TPSA) is 82.3 Å². The maximum absolute atomic E-state index is 11.6. The molecule has 0 aliphatic heterocycles. The van der Waals surface area contributed by atoms with Crippen molar-refractivity contribution in [3.63, 3.8) is 0 Å². The van der Waals surface area contributed by atoms with Crippen molar-refractivity contribution < 1.29 is 9.59 Å². The number of rotatable bonds is 10. The highest BCUT2D eigenvalue weighted by molar-refractivity contribution is 5.94. The van der Waals surface area contributed by atoms with Crippen molar-refractivity contribution in [2.24, 2.45) is 0 Å². The van der Waals surface area contributed by atoms with Crippen molar-refractivity contribution in [2.45, 2.75) is 26.7 Å². The first-order valence-electron chi connectivity index (χ1n) is 7.77. The van der Waals surface area contributed by atoms with Gasteiger partial charge in [-0.05, 0) is 50.2 Å². The Kier molecular flexibility index (Phi) is 8.86. The summed E-state index contributed by atoms with van der Waals surface area (Å²) < 4.78 is 0. The van der Waals surface area contributed by atoms with Crippen LogP contribution in [0.5, 0.6) is 0 Å². The fourth-order valence-electron chi connectivity index (χ4n) is 1.80. The predicted octanol–water partition coefficient (Wildman–Crippen LogP) is 1.56. The lowest BCUT2D eigenvalue weighted by Gasteiger charge is -2.09. The van der Waals surface area contributed by atoms with E-state index >= 15 is 0 Å². The van der Waals surface area contributed by atoms with Gasteiger partial charge in [-0.3, -0.25) is 9.59 Å². The zero-order chi connectivity index (χ0) is 16.2. The van der Waals surface area contributed by atoms with Gasteiger partial charge in [0.2, 0.25) is 11.8 Å². The van der Waals surface area contributed by atoms with Crippen LogP contribution in [-0.4, -0.2) is 38.0 Å². The van der Waals surface area contributed by atoms with Gasteiger partial charge in [0.05, 0.1) is 13.1 Å². The highest BCUT2D eigenvalue weighted by Crippen LogP contribution is 2.13. The lowest BCUT2D eigenvalue weighted by molar-refractivity contribution is -0.116. The number of amides is 2. The monoisotopic (exact) mass is 306 g/mol. The number of carbonyl (C=O) groups excluding carboxylic acids is 2. The Morgan fingerprint density at radius 1 is 0.773 bits per heavy atom. The van der Waals surface area contributed by atoms with Crippen LogP contribution in [0.15, 0.2) is 24.3 Å². The fourth-order valence-corrected chi connectivity index (χ4v) is 1.80.